The van der Waals surface area contributed by atoms with Crippen molar-refractivity contribution in [2.45, 2.75) is 26.4 Å². The predicted molar refractivity (Wildman–Crippen MR) is 71.1 cm³/mol. The summed E-state index contributed by atoms with van der Waals surface area (Å²) >= 11 is 0. The molecule has 0 aromatic heterocycles. The minimum Gasteiger partial charge on any atom is -0.461 e. The standard InChI is InChI=1S/C15H21NO2/c1-13-7-9-16(11-13)10-8-15(17)18-12-14-5-3-2-4-6-14/h2-6,13H,7-12H2,1H3. The molecule has 98 valence electrons. The van der Waals surface area contributed by atoms with Gasteiger partial charge in [-0.15, -0.1) is 0 Å². The van der Waals surface area contributed by atoms with E-state index in [1.54, 1.807) is 0 Å². The molecule has 1 aliphatic heterocycles. The van der Waals surface area contributed by atoms with Gasteiger partial charge in [-0.3, -0.25) is 4.79 Å². The highest BCUT2D eigenvalue weighted by molar-refractivity contribution is 5.69. The van der Waals surface area contributed by atoms with Crippen LogP contribution >= 0.6 is 0 Å². The zero-order chi connectivity index (χ0) is 12.8. The highest BCUT2D eigenvalue weighted by Crippen LogP contribution is 2.15. The van der Waals surface area contributed by atoms with E-state index in [0.717, 1.165) is 31.1 Å². The molecule has 0 N–H and O–H groups in total. The van der Waals surface area contributed by atoms with E-state index in [-0.39, 0.29) is 5.97 Å². The molecule has 1 heterocycles. The van der Waals surface area contributed by atoms with E-state index in [4.69, 9.17) is 4.74 Å². The Morgan fingerprint density at radius 2 is 2.17 bits per heavy atom. The third-order valence-corrected chi connectivity index (χ3v) is 3.38. The third-order valence-electron chi connectivity index (χ3n) is 3.38. The number of benzene rings is 1. The number of carbonyl (C=O) groups excluding carboxylic acids is 1. The van der Waals surface area contributed by atoms with Gasteiger partial charge in [-0.25, -0.2) is 0 Å². The van der Waals surface area contributed by atoms with E-state index in [0.29, 0.717) is 13.0 Å². The van der Waals surface area contributed by atoms with Crippen LogP contribution in [0.2, 0.25) is 0 Å². The van der Waals surface area contributed by atoms with Crippen LogP contribution in [0, 0.1) is 5.92 Å². The lowest BCUT2D eigenvalue weighted by Gasteiger charge is -2.14. The van der Waals surface area contributed by atoms with Gasteiger partial charge in [0.1, 0.15) is 6.61 Å². The summed E-state index contributed by atoms with van der Waals surface area (Å²) < 4.78 is 5.25. The van der Waals surface area contributed by atoms with Crippen LogP contribution in [0.5, 0.6) is 0 Å². The Kier molecular flexibility index (Phi) is 4.76. The lowest BCUT2D eigenvalue weighted by molar-refractivity contribution is -0.145. The Hall–Kier alpha value is -1.35. The Labute approximate surface area is 109 Å². The molecule has 1 aromatic carbocycles. The first-order valence-corrected chi connectivity index (χ1v) is 6.66. The van der Waals surface area contributed by atoms with Crippen molar-refractivity contribution in [3.05, 3.63) is 35.9 Å². The third kappa shape index (κ3) is 4.15. The van der Waals surface area contributed by atoms with Crippen molar-refractivity contribution < 1.29 is 9.53 Å². The van der Waals surface area contributed by atoms with Crippen LogP contribution in [0.25, 0.3) is 0 Å². The topological polar surface area (TPSA) is 29.5 Å². The van der Waals surface area contributed by atoms with Crippen LogP contribution in [-0.2, 0) is 16.1 Å². The van der Waals surface area contributed by atoms with Crippen molar-refractivity contribution in [3.63, 3.8) is 0 Å². The second kappa shape index (κ2) is 6.55. The molecule has 3 heteroatoms. The summed E-state index contributed by atoms with van der Waals surface area (Å²) in [5.74, 6) is 0.670. The number of likely N-dealkylation sites (tertiary alicyclic amines) is 1. The molecular formula is C15H21NO2. The molecule has 1 aliphatic rings. The molecule has 0 bridgehead atoms. The minimum atomic E-state index is -0.0987. The average Bonchev–Trinajstić information content (AvgIpc) is 2.81. The summed E-state index contributed by atoms with van der Waals surface area (Å²) in [5.41, 5.74) is 1.04. The van der Waals surface area contributed by atoms with Crippen molar-refractivity contribution in [2.75, 3.05) is 19.6 Å². The van der Waals surface area contributed by atoms with E-state index < -0.39 is 0 Å². The maximum absolute atomic E-state index is 11.6. The molecule has 0 spiro atoms. The van der Waals surface area contributed by atoms with E-state index in [1.165, 1.54) is 6.42 Å². The first-order chi connectivity index (χ1) is 8.74. The number of carbonyl (C=O) groups is 1. The number of rotatable bonds is 5. The molecule has 3 nitrogen and oxygen atoms in total. The van der Waals surface area contributed by atoms with Crippen molar-refractivity contribution in [1.29, 1.82) is 0 Å². The van der Waals surface area contributed by atoms with Crippen LogP contribution in [0.4, 0.5) is 0 Å². The normalized spacial score (nSPS) is 19.9. The Morgan fingerprint density at radius 3 is 2.83 bits per heavy atom. The predicted octanol–water partition coefficient (Wildman–Crippen LogP) is 2.46. The van der Waals surface area contributed by atoms with Crippen molar-refractivity contribution in [2.24, 2.45) is 5.92 Å². The molecule has 18 heavy (non-hydrogen) atoms. The molecule has 0 aliphatic carbocycles. The molecule has 1 unspecified atom stereocenters. The Balaban J connectivity index is 1.63. The van der Waals surface area contributed by atoms with Gasteiger partial charge < -0.3 is 9.64 Å². The first-order valence-electron chi connectivity index (χ1n) is 6.66. The summed E-state index contributed by atoms with van der Waals surface area (Å²) in [5, 5.41) is 0. The van der Waals surface area contributed by atoms with Crippen LogP contribution in [-0.4, -0.2) is 30.5 Å². The molecular weight excluding hydrogens is 226 g/mol. The summed E-state index contributed by atoms with van der Waals surface area (Å²) in [7, 11) is 0. The van der Waals surface area contributed by atoms with Crippen LogP contribution in [0.15, 0.2) is 30.3 Å². The Morgan fingerprint density at radius 1 is 1.39 bits per heavy atom. The molecule has 1 atom stereocenters. The van der Waals surface area contributed by atoms with Crippen molar-refractivity contribution in [1.82, 2.24) is 4.90 Å². The molecule has 0 saturated carbocycles. The first kappa shape index (κ1) is 13.1. The molecule has 0 radical (unpaired) electrons. The average molecular weight is 247 g/mol. The van der Waals surface area contributed by atoms with Crippen molar-refractivity contribution >= 4 is 5.97 Å². The van der Waals surface area contributed by atoms with E-state index >= 15 is 0 Å². The van der Waals surface area contributed by atoms with Crippen LogP contribution < -0.4 is 0 Å². The van der Waals surface area contributed by atoms with Gasteiger partial charge in [0.05, 0.1) is 6.42 Å². The van der Waals surface area contributed by atoms with Gasteiger partial charge in [0.15, 0.2) is 0 Å². The number of esters is 1. The van der Waals surface area contributed by atoms with Gasteiger partial charge in [-0.2, -0.15) is 0 Å². The minimum absolute atomic E-state index is 0.0987. The fourth-order valence-corrected chi connectivity index (χ4v) is 2.29. The maximum Gasteiger partial charge on any atom is 0.307 e. The SMILES string of the molecule is CC1CCN(CCC(=O)OCc2ccccc2)C1. The van der Waals surface area contributed by atoms with Gasteiger partial charge in [0.2, 0.25) is 0 Å². The summed E-state index contributed by atoms with van der Waals surface area (Å²) in [4.78, 5) is 13.9. The van der Waals surface area contributed by atoms with Crippen molar-refractivity contribution in [3.8, 4) is 0 Å². The lowest BCUT2D eigenvalue weighted by Crippen LogP contribution is -2.24. The van der Waals surface area contributed by atoms with Gasteiger partial charge in [0.25, 0.3) is 0 Å². The summed E-state index contributed by atoms with van der Waals surface area (Å²) in [6, 6.07) is 9.80. The van der Waals surface area contributed by atoms with Crippen LogP contribution in [0.3, 0.4) is 0 Å². The van der Waals surface area contributed by atoms with E-state index in [9.17, 15) is 4.79 Å². The largest absolute Gasteiger partial charge is 0.461 e. The number of nitrogens with zero attached hydrogens (tertiary/aromatic N) is 1. The zero-order valence-corrected chi connectivity index (χ0v) is 11.0. The number of ether oxygens (including phenoxy) is 1. The van der Waals surface area contributed by atoms with Crippen LogP contribution in [0.1, 0.15) is 25.3 Å². The highest BCUT2D eigenvalue weighted by atomic mass is 16.5. The number of hydrogen-bond acceptors (Lipinski definition) is 3. The highest BCUT2D eigenvalue weighted by Gasteiger charge is 2.19. The zero-order valence-electron chi connectivity index (χ0n) is 11.0. The van der Waals surface area contributed by atoms with Gasteiger partial charge >= 0.3 is 5.97 Å². The van der Waals surface area contributed by atoms with Gasteiger partial charge in [-0.1, -0.05) is 37.3 Å². The van der Waals surface area contributed by atoms with E-state index in [1.807, 2.05) is 30.3 Å². The smallest absolute Gasteiger partial charge is 0.307 e. The molecule has 1 saturated heterocycles. The summed E-state index contributed by atoms with van der Waals surface area (Å²) in [6.45, 7) is 5.71. The molecule has 1 aromatic rings. The molecule has 1 fully saturated rings. The second-order valence-electron chi connectivity index (χ2n) is 5.09. The fourth-order valence-electron chi connectivity index (χ4n) is 2.29. The quantitative estimate of drug-likeness (QED) is 0.749. The van der Waals surface area contributed by atoms with E-state index in [2.05, 4.69) is 11.8 Å². The monoisotopic (exact) mass is 247 g/mol. The molecule has 2 rings (SSSR count). The summed E-state index contributed by atoms with van der Waals surface area (Å²) in [6.07, 6.45) is 1.75. The second-order valence-corrected chi connectivity index (χ2v) is 5.09. The maximum atomic E-state index is 11.6. The van der Waals surface area contributed by atoms with Gasteiger partial charge in [-0.05, 0) is 24.4 Å². The molecule has 0 amide bonds. The number of hydrogen-bond donors (Lipinski definition) is 0. The van der Waals surface area contributed by atoms with Gasteiger partial charge in [0, 0.05) is 13.1 Å². The fraction of sp³-hybridized carbons (Fsp3) is 0.533. The lowest BCUT2D eigenvalue weighted by atomic mass is 10.2. The Bertz CT molecular complexity index is 377.